The van der Waals surface area contributed by atoms with Crippen molar-refractivity contribution in [1.29, 1.82) is 0 Å². The number of aryl methyl sites for hydroxylation is 1. The smallest absolute Gasteiger partial charge is 0.243 e. The molecule has 0 radical (unpaired) electrons. The summed E-state index contributed by atoms with van der Waals surface area (Å²) in [4.78, 5) is 4.66. The van der Waals surface area contributed by atoms with E-state index >= 15 is 0 Å². The Labute approximate surface area is 162 Å². The largest absolute Gasteiger partial charge is 0.379 e. The van der Waals surface area contributed by atoms with Gasteiger partial charge in [-0.05, 0) is 42.8 Å². The normalized spacial score (nSPS) is 15.6. The highest BCUT2D eigenvalue weighted by atomic mass is 32.2. The zero-order valence-electron chi connectivity index (χ0n) is 15.2. The second-order valence-corrected chi connectivity index (χ2v) is 8.42. The molecule has 28 heavy (non-hydrogen) atoms. The van der Waals surface area contributed by atoms with E-state index < -0.39 is 10.0 Å². The third-order valence-corrected chi connectivity index (χ3v) is 6.68. The number of nitrogens with one attached hydrogen (secondary N) is 1. The van der Waals surface area contributed by atoms with Crippen molar-refractivity contribution in [3.8, 4) is 22.8 Å². The molecule has 0 saturated carbocycles. The van der Waals surface area contributed by atoms with Crippen molar-refractivity contribution in [2.24, 2.45) is 0 Å². The number of H-pyrrole nitrogens is 1. The summed E-state index contributed by atoms with van der Waals surface area (Å²) in [7, 11) is -3.63. The van der Waals surface area contributed by atoms with Crippen molar-refractivity contribution in [3.05, 3.63) is 53.8 Å². The van der Waals surface area contributed by atoms with Crippen LogP contribution in [0.2, 0.25) is 0 Å². The van der Waals surface area contributed by atoms with Gasteiger partial charge in [0.05, 0.1) is 18.1 Å². The summed E-state index contributed by atoms with van der Waals surface area (Å²) in [5.41, 5.74) is 1.93. The average molecular weight is 402 g/mol. The van der Waals surface area contributed by atoms with Gasteiger partial charge in [0.1, 0.15) is 5.82 Å². The van der Waals surface area contributed by atoms with Crippen LogP contribution in [0.5, 0.6) is 0 Å². The van der Waals surface area contributed by atoms with E-state index in [9.17, 15) is 12.8 Å². The van der Waals surface area contributed by atoms with Crippen LogP contribution in [0.3, 0.4) is 0 Å². The Hall–Kier alpha value is -2.62. The van der Waals surface area contributed by atoms with Gasteiger partial charge in [-0.1, -0.05) is 12.1 Å². The molecule has 0 unspecified atom stereocenters. The Bertz CT molecular complexity index is 1090. The number of sulfonamides is 1. The lowest BCUT2D eigenvalue weighted by Gasteiger charge is -2.26. The third-order valence-electron chi connectivity index (χ3n) is 4.64. The molecule has 7 nitrogen and oxygen atoms in total. The minimum atomic E-state index is -3.63. The fourth-order valence-electron chi connectivity index (χ4n) is 3.07. The third kappa shape index (κ3) is 3.56. The van der Waals surface area contributed by atoms with E-state index in [0.29, 0.717) is 54.6 Å². The fourth-order valence-corrected chi connectivity index (χ4v) is 4.73. The summed E-state index contributed by atoms with van der Waals surface area (Å²) in [6, 6.07) is 11.0. The monoisotopic (exact) mass is 402 g/mol. The highest BCUT2D eigenvalue weighted by Crippen LogP contribution is 2.27. The average Bonchev–Trinajstić information content (AvgIpc) is 3.19. The number of ether oxygens (including phenoxy) is 1. The lowest BCUT2D eigenvalue weighted by Crippen LogP contribution is -2.40. The first-order valence-corrected chi connectivity index (χ1v) is 10.3. The molecule has 1 saturated heterocycles. The van der Waals surface area contributed by atoms with E-state index in [0.717, 1.165) is 0 Å². The molecule has 0 amide bonds. The van der Waals surface area contributed by atoms with Crippen LogP contribution >= 0.6 is 0 Å². The number of morpholine rings is 1. The van der Waals surface area contributed by atoms with Gasteiger partial charge in [-0.3, -0.25) is 5.10 Å². The first kappa shape index (κ1) is 18.7. The van der Waals surface area contributed by atoms with Crippen LogP contribution < -0.4 is 0 Å². The number of rotatable bonds is 4. The Morgan fingerprint density at radius 1 is 1.07 bits per heavy atom. The molecule has 2 aromatic carbocycles. The Morgan fingerprint density at radius 2 is 1.75 bits per heavy atom. The summed E-state index contributed by atoms with van der Waals surface area (Å²) in [6.45, 7) is 3.21. The second-order valence-electron chi connectivity index (χ2n) is 6.51. The van der Waals surface area contributed by atoms with Crippen molar-refractivity contribution < 1.29 is 17.5 Å². The molecule has 146 valence electrons. The molecular formula is C19H19FN4O3S. The first-order valence-electron chi connectivity index (χ1n) is 8.82. The first-order chi connectivity index (χ1) is 13.4. The highest BCUT2D eigenvalue weighted by Gasteiger charge is 2.28. The molecule has 0 aliphatic carbocycles. The molecule has 1 aliphatic heterocycles. The van der Waals surface area contributed by atoms with E-state index in [4.69, 9.17) is 4.74 Å². The number of aromatic amines is 1. The Kier molecular flexibility index (Phi) is 4.96. The van der Waals surface area contributed by atoms with Gasteiger partial charge < -0.3 is 4.74 Å². The standard InChI is InChI=1S/C19H19FN4O3S/c1-13-2-3-15(12-17(13)28(25,26)24-8-10-27-11-9-24)19-21-18(22-23-19)14-4-6-16(20)7-5-14/h2-7,12H,8-11H2,1H3,(H,21,22,23). The lowest BCUT2D eigenvalue weighted by atomic mass is 10.1. The lowest BCUT2D eigenvalue weighted by molar-refractivity contribution is 0.0730. The highest BCUT2D eigenvalue weighted by molar-refractivity contribution is 7.89. The molecule has 0 spiro atoms. The zero-order valence-corrected chi connectivity index (χ0v) is 16.0. The maximum atomic E-state index is 13.1. The van der Waals surface area contributed by atoms with Crippen molar-refractivity contribution in [3.63, 3.8) is 0 Å². The number of benzene rings is 2. The predicted octanol–water partition coefficient (Wildman–Crippen LogP) is 2.61. The predicted molar refractivity (Wildman–Crippen MR) is 102 cm³/mol. The maximum absolute atomic E-state index is 13.1. The zero-order chi connectivity index (χ0) is 19.7. The topological polar surface area (TPSA) is 88.2 Å². The SMILES string of the molecule is Cc1ccc(-c2n[nH]c(-c3ccc(F)cc3)n2)cc1S(=O)(=O)N1CCOCC1. The molecule has 1 aliphatic rings. The summed E-state index contributed by atoms with van der Waals surface area (Å²) in [6.07, 6.45) is 0. The number of nitrogens with zero attached hydrogens (tertiary/aromatic N) is 3. The van der Waals surface area contributed by atoms with E-state index in [2.05, 4.69) is 15.2 Å². The maximum Gasteiger partial charge on any atom is 0.243 e. The van der Waals surface area contributed by atoms with E-state index in [1.54, 1.807) is 37.3 Å². The van der Waals surface area contributed by atoms with Crippen LogP contribution in [0.1, 0.15) is 5.56 Å². The van der Waals surface area contributed by atoms with Crippen molar-refractivity contribution >= 4 is 10.0 Å². The molecule has 0 bridgehead atoms. The van der Waals surface area contributed by atoms with Crippen LogP contribution in [-0.4, -0.2) is 54.2 Å². The molecule has 4 rings (SSSR count). The number of hydrogen-bond acceptors (Lipinski definition) is 5. The van der Waals surface area contributed by atoms with Crippen LogP contribution in [0.25, 0.3) is 22.8 Å². The quantitative estimate of drug-likeness (QED) is 0.725. The molecule has 9 heteroatoms. The van der Waals surface area contributed by atoms with Crippen LogP contribution in [0, 0.1) is 12.7 Å². The molecule has 0 atom stereocenters. The van der Waals surface area contributed by atoms with Crippen LogP contribution in [0.4, 0.5) is 4.39 Å². The Balaban J connectivity index is 1.68. The van der Waals surface area contributed by atoms with Gasteiger partial charge >= 0.3 is 0 Å². The van der Waals surface area contributed by atoms with Crippen molar-refractivity contribution in [1.82, 2.24) is 19.5 Å². The summed E-state index contributed by atoms with van der Waals surface area (Å²) in [5.74, 6) is 0.519. The van der Waals surface area contributed by atoms with Gasteiger partial charge in [-0.15, -0.1) is 0 Å². The van der Waals surface area contributed by atoms with Gasteiger partial charge in [0.25, 0.3) is 0 Å². The fraction of sp³-hybridized carbons (Fsp3) is 0.263. The van der Waals surface area contributed by atoms with E-state index in [1.807, 2.05) is 0 Å². The Morgan fingerprint density at radius 3 is 2.46 bits per heavy atom. The summed E-state index contributed by atoms with van der Waals surface area (Å²) in [5, 5.41) is 7.01. The molecule has 1 N–H and O–H groups in total. The number of halogens is 1. The number of hydrogen-bond donors (Lipinski definition) is 1. The van der Waals surface area contributed by atoms with E-state index in [1.165, 1.54) is 16.4 Å². The number of aromatic nitrogens is 3. The summed E-state index contributed by atoms with van der Waals surface area (Å²) < 4.78 is 45.9. The van der Waals surface area contributed by atoms with Gasteiger partial charge in [-0.2, -0.15) is 9.40 Å². The second kappa shape index (κ2) is 7.42. The molecule has 1 fully saturated rings. The van der Waals surface area contributed by atoms with Crippen molar-refractivity contribution in [2.45, 2.75) is 11.8 Å². The molecule has 3 aromatic rings. The molecule has 1 aromatic heterocycles. The summed E-state index contributed by atoms with van der Waals surface area (Å²) >= 11 is 0. The van der Waals surface area contributed by atoms with Crippen molar-refractivity contribution in [2.75, 3.05) is 26.3 Å². The van der Waals surface area contributed by atoms with Gasteiger partial charge in [0, 0.05) is 24.2 Å². The van der Waals surface area contributed by atoms with E-state index in [-0.39, 0.29) is 10.7 Å². The molecule has 2 heterocycles. The van der Waals surface area contributed by atoms with Gasteiger partial charge in [-0.25, -0.2) is 17.8 Å². The van der Waals surface area contributed by atoms with Gasteiger partial charge in [0.15, 0.2) is 11.6 Å². The van der Waals surface area contributed by atoms with Crippen LogP contribution in [-0.2, 0) is 14.8 Å². The minimum Gasteiger partial charge on any atom is -0.379 e. The molecular weight excluding hydrogens is 383 g/mol. The van der Waals surface area contributed by atoms with Crippen LogP contribution in [0.15, 0.2) is 47.4 Å². The van der Waals surface area contributed by atoms with Gasteiger partial charge in [0.2, 0.25) is 10.0 Å². The minimum absolute atomic E-state index is 0.236.